The predicted octanol–water partition coefficient (Wildman–Crippen LogP) is 13.7. The third kappa shape index (κ3) is 5.92. The first-order valence-corrected chi connectivity index (χ1v) is 22.1. The van der Waals surface area contributed by atoms with E-state index in [1.807, 2.05) is 0 Å². The highest BCUT2D eigenvalue weighted by molar-refractivity contribution is 7.00. The number of furan rings is 1. The molecule has 0 N–H and O–H groups in total. The number of rotatable bonds is 3. The minimum absolute atomic E-state index is 0.0318. The summed E-state index contributed by atoms with van der Waals surface area (Å²) < 4.78 is 7.39. The van der Waals surface area contributed by atoms with Gasteiger partial charge in [0.1, 0.15) is 5.58 Å². The van der Waals surface area contributed by atoms with Crippen LogP contribution in [0.5, 0.6) is 0 Å². The Labute approximate surface area is 358 Å². The van der Waals surface area contributed by atoms with Gasteiger partial charge in [-0.1, -0.05) is 136 Å². The van der Waals surface area contributed by atoms with Gasteiger partial charge in [-0.3, -0.25) is 0 Å². The second-order valence-electron chi connectivity index (χ2n) is 21.5. The van der Waals surface area contributed by atoms with Gasteiger partial charge in [-0.25, -0.2) is 0 Å². The zero-order valence-corrected chi connectivity index (χ0v) is 37.8. The zero-order valence-electron chi connectivity index (χ0n) is 37.8. The Balaban J connectivity index is 1.35. The summed E-state index contributed by atoms with van der Waals surface area (Å²) in [5.74, 6) is 0. The van der Waals surface area contributed by atoms with E-state index in [-0.39, 0.29) is 28.4 Å². The van der Waals surface area contributed by atoms with Gasteiger partial charge in [0.05, 0.1) is 17.0 Å². The first-order chi connectivity index (χ1) is 28.3. The number of hydrogen-bond acceptors (Lipinski definition) is 3. The second kappa shape index (κ2) is 13.0. The van der Waals surface area contributed by atoms with Crippen molar-refractivity contribution < 1.29 is 4.42 Å². The first-order valence-electron chi connectivity index (χ1n) is 22.1. The SMILES string of the molecule is Cc1ccc(-c2ccccc2)c(N2c3cc(C)cc4c3B(c3cc5c(cc3N4c3ccc(C(C)(C)C)cc3)C(C)(C)CCC5(C)C)c3oc4ccc(C(C)(C)C)cc4c32)c1. The van der Waals surface area contributed by atoms with Crippen molar-refractivity contribution in [2.24, 2.45) is 0 Å². The lowest BCUT2D eigenvalue weighted by Gasteiger charge is -2.46. The standard InChI is InChI=1S/C56H59BN2O/c1-34-18-24-40(36-16-14-13-15-17-36)45(28-34)59-48-30-35(2)29-47-50(48)57(52-51(59)41-31-38(54(6,7)8)21-25-49(41)60-52)44-32-42-43(56(11,12)27-26-55(42,9)10)33-46(44)58(47)39-22-19-37(20-23-39)53(3,4)5/h13-25,28-33H,26-27H2,1-12H3. The van der Waals surface area contributed by atoms with Gasteiger partial charge < -0.3 is 14.2 Å². The molecule has 0 unspecified atom stereocenters. The summed E-state index contributed by atoms with van der Waals surface area (Å²) in [6, 6.07) is 44.2. The molecule has 3 aliphatic rings. The fraction of sp³-hybridized carbons (Fsp3) is 0.321. The molecule has 4 heteroatoms. The summed E-state index contributed by atoms with van der Waals surface area (Å²) in [4.78, 5) is 5.16. The molecule has 0 bridgehead atoms. The van der Waals surface area contributed by atoms with Crippen molar-refractivity contribution in [2.45, 2.75) is 118 Å². The molecule has 0 fully saturated rings. The molecule has 3 heterocycles. The average molecular weight is 787 g/mol. The summed E-state index contributed by atoms with van der Waals surface area (Å²) in [7, 11) is 0. The lowest BCUT2D eigenvalue weighted by atomic mass is 9.35. The van der Waals surface area contributed by atoms with E-state index >= 15 is 0 Å². The summed E-state index contributed by atoms with van der Waals surface area (Å²) in [6.45, 7) is 28.0. The molecular formula is C56H59BN2O. The van der Waals surface area contributed by atoms with E-state index in [1.54, 1.807) is 0 Å². The van der Waals surface area contributed by atoms with E-state index < -0.39 is 0 Å². The number of hydrogen-bond donors (Lipinski definition) is 0. The smallest absolute Gasteiger partial charge is 0.297 e. The third-order valence-corrected chi connectivity index (χ3v) is 14.1. The quantitative estimate of drug-likeness (QED) is 0.166. The number of nitrogens with zero attached hydrogens (tertiary/aromatic N) is 2. The minimum atomic E-state index is -0.108. The molecule has 0 atom stereocenters. The number of aryl methyl sites for hydroxylation is 2. The van der Waals surface area contributed by atoms with E-state index in [0.717, 1.165) is 40.8 Å². The monoisotopic (exact) mass is 786 g/mol. The summed E-state index contributed by atoms with van der Waals surface area (Å²) in [5.41, 5.74) is 22.3. The maximum Gasteiger partial charge on any atom is 0.297 e. The van der Waals surface area contributed by atoms with E-state index in [1.165, 1.54) is 78.2 Å². The second-order valence-corrected chi connectivity index (χ2v) is 21.5. The predicted molar refractivity (Wildman–Crippen MR) is 258 cm³/mol. The van der Waals surface area contributed by atoms with Gasteiger partial charge in [-0.05, 0) is 147 Å². The molecule has 0 spiro atoms. The average Bonchev–Trinajstić information content (AvgIpc) is 3.57. The van der Waals surface area contributed by atoms with Crippen molar-refractivity contribution in [3.05, 3.63) is 149 Å². The van der Waals surface area contributed by atoms with Crippen LogP contribution < -0.4 is 26.4 Å². The molecule has 1 aliphatic carbocycles. The normalized spacial score (nSPS) is 16.4. The van der Waals surface area contributed by atoms with Crippen molar-refractivity contribution in [2.75, 3.05) is 9.80 Å². The molecule has 6 aromatic carbocycles. The van der Waals surface area contributed by atoms with Crippen LogP contribution in [-0.2, 0) is 21.7 Å². The Hall–Kier alpha value is -5.48. The van der Waals surface area contributed by atoms with Crippen molar-refractivity contribution in [3.63, 3.8) is 0 Å². The Morgan fingerprint density at radius 3 is 1.82 bits per heavy atom. The van der Waals surface area contributed by atoms with Crippen LogP contribution in [0.25, 0.3) is 22.1 Å². The highest BCUT2D eigenvalue weighted by atomic mass is 16.3. The van der Waals surface area contributed by atoms with Crippen molar-refractivity contribution in [3.8, 4) is 11.1 Å². The molecule has 1 aromatic heterocycles. The van der Waals surface area contributed by atoms with E-state index in [9.17, 15) is 0 Å². The molecule has 302 valence electrons. The Kier molecular flexibility index (Phi) is 8.40. The van der Waals surface area contributed by atoms with Gasteiger partial charge in [0.25, 0.3) is 6.71 Å². The van der Waals surface area contributed by atoms with Gasteiger partial charge in [0, 0.05) is 33.7 Å². The van der Waals surface area contributed by atoms with Crippen LogP contribution in [0.4, 0.5) is 34.1 Å². The van der Waals surface area contributed by atoms with Crippen LogP contribution in [0, 0.1) is 13.8 Å². The highest BCUT2D eigenvalue weighted by Crippen LogP contribution is 2.52. The Bertz CT molecular complexity index is 2860. The summed E-state index contributed by atoms with van der Waals surface area (Å²) >= 11 is 0. The molecule has 3 nitrogen and oxygen atoms in total. The van der Waals surface area contributed by atoms with Crippen LogP contribution in [-0.4, -0.2) is 6.71 Å². The number of fused-ring (bicyclic) bond motifs is 7. The van der Waals surface area contributed by atoms with Gasteiger partial charge in [-0.2, -0.15) is 0 Å². The lowest BCUT2D eigenvalue weighted by molar-refractivity contribution is 0.332. The van der Waals surface area contributed by atoms with Crippen molar-refractivity contribution >= 4 is 68.4 Å². The van der Waals surface area contributed by atoms with E-state index in [4.69, 9.17) is 4.42 Å². The van der Waals surface area contributed by atoms with Gasteiger partial charge in [-0.15, -0.1) is 0 Å². The molecule has 0 saturated carbocycles. The van der Waals surface area contributed by atoms with E-state index in [0.29, 0.717) is 0 Å². The van der Waals surface area contributed by atoms with Gasteiger partial charge in [0.15, 0.2) is 0 Å². The molecule has 7 aromatic rings. The maximum absolute atomic E-state index is 7.39. The third-order valence-electron chi connectivity index (χ3n) is 14.1. The molecule has 60 heavy (non-hydrogen) atoms. The van der Waals surface area contributed by atoms with Crippen LogP contribution in [0.2, 0.25) is 0 Å². The maximum atomic E-state index is 7.39. The Morgan fingerprint density at radius 2 is 1.17 bits per heavy atom. The summed E-state index contributed by atoms with van der Waals surface area (Å²) in [6.07, 6.45) is 2.32. The minimum Gasteiger partial charge on any atom is -0.468 e. The molecule has 10 rings (SSSR count). The fourth-order valence-corrected chi connectivity index (χ4v) is 10.5. The Morgan fingerprint density at radius 1 is 0.567 bits per heavy atom. The number of benzene rings is 6. The molecular weight excluding hydrogens is 727 g/mol. The topological polar surface area (TPSA) is 19.6 Å². The van der Waals surface area contributed by atoms with Crippen LogP contribution in [0.3, 0.4) is 0 Å². The van der Waals surface area contributed by atoms with Crippen molar-refractivity contribution in [1.29, 1.82) is 0 Å². The van der Waals surface area contributed by atoms with E-state index in [2.05, 4.69) is 208 Å². The van der Waals surface area contributed by atoms with Crippen LogP contribution in [0.15, 0.2) is 120 Å². The van der Waals surface area contributed by atoms with Crippen LogP contribution >= 0.6 is 0 Å². The van der Waals surface area contributed by atoms with Crippen LogP contribution in [0.1, 0.15) is 115 Å². The molecule has 0 saturated heterocycles. The van der Waals surface area contributed by atoms with Gasteiger partial charge >= 0.3 is 0 Å². The largest absolute Gasteiger partial charge is 0.468 e. The van der Waals surface area contributed by atoms with Gasteiger partial charge in [0.2, 0.25) is 0 Å². The molecule has 0 radical (unpaired) electrons. The molecule has 2 aliphatic heterocycles. The molecule has 0 amide bonds. The number of anilines is 6. The zero-order chi connectivity index (χ0) is 42.3. The fourth-order valence-electron chi connectivity index (χ4n) is 10.5. The first kappa shape index (κ1) is 38.7. The highest BCUT2D eigenvalue weighted by Gasteiger charge is 2.49. The lowest BCUT2D eigenvalue weighted by Crippen LogP contribution is -2.61. The van der Waals surface area contributed by atoms with Crippen molar-refractivity contribution in [1.82, 2.24) is 0 Å². The summed E-state index contributed by atoms with van der Waals surface area (Å²) in [5, 5.41) is 1.16.